The van der Waals surface area contributed by atoms with Crippen molar-refractivity contribution in [3.05, 3.63) is 11.6 Å². The van der Waals surface area contributed by atoms with E-state index in [1.165, 1.54) is 32.1 Å². The van der Waals surface area contributed by atoms with Crippen molar-refractivity contribution < 1.29 is 19.1 Å². The molecule has 0 saturated heterocycles. The van der Waals surface area contributed by atoms with Gasteiger partial charge in [0.05, 0.1) is 6.42 Å². The summed E-state index contributed by atoms with van der Waals surface area (Å²) in [5, 5.41) is 9.05. The highest BCUT2D eigenvalue weighted by Gasteiger charge is 2.37. The molecule has 0 unspecified atom stereocenters. The molecule has 1 N–H and O–H groups in total. The van der Waals surface area contributed by atoms with Crippen LogP contribution in [0.3, 0.4) is 0 Å². The van der Waals surface area contributed by atoms with E-state index in [0.29, 0.717) is 0 Å². The largest absolute Gasteiger partial charge is 0.516 e. The lowest BCUT2D eigenvalue weighted by atomic mass is 10.1. The Labute approximate surface area is 167 Å². The van der Waals surface area contributed by atoms with Crippen LogP contribution in [0.15, 0.2) is 11.6 Å². The molecular weight excluding hydrogens is 356 g/mol. The Morgan fingerprint density at radius 3 is 1.78 bits per heavy atom. The van der Waals surface area contributed by atoms with E-state index >= 15 is 0 Å². The number of carboxylic acid groups (broad SMARTS) is 1. The lowest BCUT2D eigenvalue weighted by Gasteiger charge is -2.32. The molecule has 0 radical (unpaired) electrons. The van der Waals surface area contributed by atoms with E-state index in [1.807, 2.05) is 0 Å². The van der Waals surface area contributed by atoms with Crippen LogP contribution in [0.4, 0.5) is 0 Å². The third-order valence-corrected chi connectivity index (χ3v) is 9.63. The van der Waals surface area contributed by atoms with Crippen LogP contribution in [0.1, 0.15) is 98.3 Å². The second-order valence-corrected chi connectivity index (χ2v) is 11.8. The van der Waals surface area contributed by atoms with Gasteiger partial charge in [0.2, 0.25) is 0 Å². The highest BCUT2D eigenvalue weighted by atomic mass is 28.4. The van der Waals surface area contributed by atoms with Crippen molar-refractivity contribution in [2.75, 3.05) is 0 Å². The van der Waals surface area contributed by atoms with E-state index in [2.05, 4.69) is 20.8 Å². The van der Waals surface area contributed by atoms with E-state index < -0.39 is 14.3 Å². The van der Waals surface area contributed by atoms with Gasteiger partial charge in [-0.1, -0.05) is 91.1 Å². The number of hydrogen-bond acceptors (Lipinski definition) is 3. The van der Waals surface area contributed by atoms with Gasteiger partial charge in [-0.25, -0.2) is 4.79 Å². The van der Waals surface area contributed by atoms with Crippen LogP contribution in [-0.2, 0) is 14.0 Å². The van der Waals surface area contributed by atoms with Crippen LogP contribution in [0, 0.1) is 0 Å². The van der Waals surface area contributed by atoms with Crippen LogP contribution in [0.25, 0.3) is 0 Å². The minimum atomic E-state index is -2.18. The molecule has 0 spiro atoms. The number of aliphatic carboxylic acids is 1. The van der Waals surface area contributed by atoms with Crippen molar-refractivity contribution >= 4 is 20.3 Å². The molecule has 0 aromatic carbocycles. The maximum Gasteiger partial charge on any atom is 0.320 e. The summed E-state index contributed by atoms with van der Waals surface area (Å²) in [6.07, 6.45) is 13.1. The average Bonchev–Trinajstić information content (AvgIpc) is 2.65. The zero-order valence-corrected chi connectivity index (χ0v) is 19.1. The number of allylic oxidation sites excluding steroid dienone is 1. The highest BCUT2D eigenvalue weighted by Crippen LogP contribution is 2.31. The average molecular weight is 399 g/mol. The molecule has 0 atom stereocenters. The molecule has 0 aromatic rings. The fourth-order valence-electron chi connectivity index (χ4n) is 3.47. The predicted octanol–water partition coefficient (Wildman–Crippen LogP) is 6.86. The first-order valence-corrected chi connectivity index (χ1v) is 13.6. The zero-order valence-electron chi connectivity index (χ0n) is 18.1. The molecule has 0 bridgehead atoms. The summed E-state index contributed by atoms with van der Waals surface area (Å²) < 4.78 is 6.19. The molecule has 0 aromatic heterocycles. The van der Waals surface area contributed by atoms with Crippen molar-refractivity contribution in [2.45, 2.75) is 116 Å². The first-order valence-electron chi connectivity index (χ1n) is 11.0. The lowest BCUT2D eigenvalue weighted by molar-refractivity contribution is -0.139. The van der Waals surface area contributed by atoms with Gasteiger partial charge in [-0.05, 0) is 25.1 Å². The Hall–Kier alpha value is -1.10. The van der Waals surface area contributed by atoms with Gasteiger partial charge in [-0.3, -0.25) is 4.79 Å². The Morgan fingerprint density at radius 2 is 1.30 bits per heavy atom. The quantitative estimate of drug-likeness (QED) is 0.165. The Balaban J connectivity index is 5.08. The third-order valence-electron chi connectivity index (χ3n) is 5.22. The van der Waals surface area contributed by atoms with Crippen molar-refractivity contribution in [3.8, 4) is 0 Å². The number of carboxylic acids is 1. The van der Waals surface area contributed by atoms with Crippen LogP contribution >= 0.6 is 0 Å². The Kier molecular flexibility index (Phi) is 15.3. The van der Waals surface area contributed by atoms with Gasteiger partial charge in [0.25, 0.3) is 8.32 Å². The fraction of sp³-hybridized carbons (Fsp3) is 0.818. The van der Waals surface area contributed by atoms with Crippen molar-refractivity contribution in [1.82, 2.24) is 0 Å². The normalized spacial score (nSPS) is 12.2. The summed E-state index contributed by atoms with van der Waals surface area (Å²) in [5.74, 6) is -1.37. The number of hydrogen-bond donors (Lipinski definition) is 1. The SMILES string of the molecule is CC=C(CC(=O)O)C(=O)O[Si](CCCC)(CCCC)CCCCCCCC. The van der Waals surface area contributed by atoms with Crippen LogP contribution in [0.5, 0.6) is 0 Å². The van der Waals surface area contributed by atoms with Gasteiger partial charge in [0.15, 0.2) is 0 Å². The zero-order chi connectivity index (χ0) is 20.5. The number of unbranched alkanes of at least 4 members (excludes halogenated alkanes) is 7. The number of carbonyl (C=O) groups excluding carboxylic acids is 1. The molecule has 0 aliphatic carbocycles. The third kappa shape index (κ3) is 12.1. The summed E-state index contributed by atoms with van der Waals surface area (Å²) >= 11 is 0. The van der Waals surface area contributed by atoms with E-state index in [9.17, 15) is 9.59 Å². The maximum absolute atomic E-state index is 12.7. The molecule has 5 heteroatoms. The Bertz CT molecular complexity index is 438. The van der Waals surface area contributed by atoms with E-state index in [4.69, 9.17) is 9.53 Å². The van der Waals surface area contributed by atoms with Gasteiger partial charge < -0.3 is 9.53 Å². The summed E-state index contributed by atoms with van der Waals surface area (Å²) in [5.41, 5.74) is 0.287. The molecule has 0 aliphatic heterocycles. The highest BCUT2D eigenvalue weighted by molar-refractivity contribution is 6.75. The molecule has 0 amide bonds. The second-order valence-electron chi connectivity index (χ2n) is 7.68. The standard InChI is InChI=1S/C22H42O4Si/c1-5-9-12-13-14-15-18-27(16-10-6-2,17-11-7-3)26-22(25)20(8-4)19-21(23)24/h8H,5-7,9-19H2,1-4H3,(H,23,24). The molecule has 0 saturated carbocycles. The van der Waals surface area contributed by atoms with Gasteiger partial charge in [-0.15, -0.1) is 0 Å². The molecule has 27 heavy (non-hydrogen) atoms. The second kappa shape index (κ2) is 15.9. The summed E-state index contributed by atoms with van der Waals surface area (Å²) in [7, 11) is -2.18. The van der Waals surface area contributed by atoms with E-state index in [1.54, 1.807) is 13.0 Å². The van der Waals surface area contributed by atoms with Gasteiger partial charge in [0.1, 0.15) is 0 Å². The topological polar surface area (TPSA) is 63.6 Å². The molecule has 0 rings (SSSR count). The van der Waals surface area contributed by atoms with E-state index in [-0.39, 0.29) is 18.0 Å². The first-order chi connectivity index (χ1) is 12.9. The smallest absolute Gasteiger partial charge is 0.320 e. The summed E-state index contributed by atoms with van der Waals surface area (Å²) in [6.45, 7) is 8.29. The van der Waals surface area contributed by atoms with Gasteiger partial charge >= 0.3 is 11.9 Å². The number of rotatable bonds is 17. The maximum atomic E-state index is 12.7. The van der Waals surface area contributed by atoms with Gasteiger partial charge in [-0.2, -0.15) is 0 Å². The monoisotopic (exact) mass is 398 g/mol. The molecule has 0 fully saturated rings. The Morgan fingerprint density at radius 1 is 0.815 bits per heavy atom. The van der Waals surface area contributed by atoms with E-state index in [0.717, 1.165) is 50.2 Å². The molecule has 0 aliphatic rings. The van der Waals surface area contributed by atoms with Crippen LogP contribution < -0.4 is 0 Å². The molecule has 0 heterocycles. The number of carbonyl (C=O) groups is 2. The fourth-order valence-corrected chi connectivity index (χ4v) is 7.94. The van der Waals surface area contributed by atoms with Gasteiger partial charge in [0, 0.05) is 5.57 Å². The van der Waals surface area contributed by atoms with Crippen molar-refractivity contribution in [2.24, 2.45) is 0 Å². The first kappa shape index (κ1) is 25.9. The summed E-state index contributed by atoms with van der Waals surface area (Å²) in [6, 6.07) is 3.04. The van der Waals surface area contributed by atoms with Crippen molar-refractivity contribution in [1.29, 1.82) is 0 Å². The van der Waals surface area contributed by atoms with Crippen molar-refractivity contribution in [3.63, 3.8) is 0 Å². The minimum absolute atomic E-state index is 0.252. The molecule has 4 nitrogen and oxygen atoms in total. The lowest BCUT2D eigenvalue weighted by Crippen LogP contribution is -2.41. The van der Waals surface area contributed by atoms with Crippen LogP contribution in [-0.4, -0.2) is 25.4 Å². The molecular formula is C22H42O4Si. The molecule has 158 valence electrons. The minimum Gasteiger partial charge on any atom is -0.516 e. The summed E-state index contributed by atoms with van der Waals surface area (Å²) in [4.78, 5) is 23.7. The van der Waals surface area contributed by atoms with Crippen LogP contribution in [0.2, 0.25) is 18.1 Å². The predicted molar refractivity (Wildman–Crippen MR) is 115 cm³/mol.